The molecule has 1 heterocycles. The van der Waals surface area contributed by atoms with E-state index in [1.54, 1.807) is 12.1 Å². The zero-order valence-electron chi connectivity index (χ0n) is 12.9. The summed E-state index contributed by atoms with van der Waals surface area (Å²) in [6.07, 6.45) is 5.70. The quantitative estimate of drug-likeness (QED) is 0.637. The zero-order valence-corrected chi connectivity index (χ0v) is 12.9. The number of rotatable bonds is 6. The van der Waals surface area contributed by atoms with Crippen molar-refractivity contribution in [3.05, 3.63) is 42.0 Å². The summed E-state index contributed by atoms with van der Waals surface area (Å²) in [7, 11) is 4.55. The Morgan fingerprint density at radius 3 is 2.52 bits per heavy atom. The highest BCUT2D eigenvalue weighted by Gasteiger charge is 2.14. The molecule has 0 spiro atoms. The number of hydrazone groups is 1. The second kappa shape index (κ2) is 7.74. The number of benzene rings is 1. The Morgan fingerprint density at radius 2 is 1.91 bits per heavy atom. The second-order valence-corrected chi connectivity index (χ2v) is 4.21. The van der Waals surface area contributed by atoms with Crippen LogP contribution in [-0.4, -0.2) is 43.4 Å². The normalized spacial score (nSPS) is 10.4. The molecule has 0 aliphatic heterocycles. The van der Waals surface area contributed by atoms with Gasteiger partial charge < -0.3 is 14.2 Å². The van der Waals surface area contributed by atoms with Crippen molar-refractivity contribution >= 4 is 12.1 Å². The summed E-state index contributed by atoms with van der Waals surface area (Å²) in [4.78, 5) is 19.5. The molecular weight excluding hydrogens is 300 g/mol. The Hall–Kier alpha value is -3.16. The molecule has 0 unspecified atom stereocenters. The van der Waals surface area contributed by atoms with Gasteiger partial charge in [-0.1, -0.05) is 0 Å². The van der Waals surface area contributed by atoms with Crippen molar-refractivity contribution in [3.8, 4) is 17.2 Å². The molecule has 0 bridgehead atoms. The molecule has 1 N–H and O–H groups in total. The van der Waals surface area contributed by atoms with E-state index in [9.17, 15) is 4.79 Å². The smallest absolute Gasteiger partial charge is 0.291 e. The van der Waals surface area contributed by atoms with Crippen molar-refractivity contribution in [3.63, 3.8) is 0 Å². The molecule has 8 nitrogen and oxygen atoms in total. The van der Waals surface area contributed by atoms with Crippen molar-refractivity contribution in [2.45, 2.75) is 0 Å². The summed E-state index contributed by atoms with van der Waals surface area (Å²) in [5, 5.41) is 3.89. The fourth-order valence-electron chi connectivity index (χ4n) is 1.86. The van der Waals surface area contributed by atoms with Crippen molar-refractivity contribution in [1.82, 2.24) is 15.4 Å². The highest BCUT2D eigenvalue weighted by atomic mass is 16.5. The molecule has 120 valence electrons. The number of ether oxygens (including phenoxy) is 3. The zero-order chi connectivity index (χ0) is 16.7. The average Bonchev–Trinajstić information content (AvgIpc) is 2.61. The monoisotopic (exact) mass is 316 g/mol. The van der Waals surface area contributed by atoms with Crippen LogP contribution in [0.3, 0.4) is 0 Å². The Labute approximate surface area is 133 Å². The van der Waals surface area contributed by atoms with Crippen LogP contribution >= 0.6 is 0 Å². The molecule has 0 aliphatic carbocycles. The molecule has 1 aromatic carbocycles. The van der Waals surface area contributed by atoms with Gasteiger partial charge >= 0.3 is 0 Å². The summed E-state index contributed by atoms with van der Waals surface area (Å²) in [5.74, 6) is 0.961. The molecule has 2 rings (SSSR count). The van der Waals surface area contributed by atoms with Crippen molar-refractivity contribution in [2.24, 2.45) is 5.10 Å². The minimum absolute atomic E-state index is 0.170. The third-order valence-electron chi connectivity index (χ3n) is 2.90. The Balaban J connectivity index is 2.18. The maximum atomic E-state index is 11.8. The number of amides is 1. The SMILES string of the molecule is COc1ccc(/C=N/NC(=O)c2cnccn2)c(OC)c1OC. The molecule has 1 amide bonds. The van der Waals surface area contributed by atoms with Crippen molar-refractivity contribution in [1.29, 1.82) is 0 Å². The molecule has 0 radical (unpaired) electrons. The van der Waals surface area contributed by atoms with Crippen LogP contribution in [0, 0.1) is 0 Å². The third-order valence-corrected chi connectivity index (χ3v) is 2.90. The summed E-state index contributed by atoms with van der Waals surface area (Å²) in [5.41, 5.74) is 3.15. The van der Waals surface area contributed by atoms with E-state index >= 15 is 0 Å². The molecule has 0 fully saturated rings. The summed E-state index contributed by atoms with van der Waals surface area (Å²) in [6.45, 7) is 0. The van der Waals surface area contributed by atoms with E-state index in [0.717, 1.165) is 0 Å². The molecular formula is C15H16N4O4. The molecule has 2 aromatic rings. The first-order chi connectivity index (χ1) is 11.2. The lowest BCUT2D eigenvalue weighted by atomic mass is 10.2. The van der Waals surface area contributed by atoms with Gasteiger partial charge in [-0.25, -0.2) is 10.4 Å². The Kier molecular flexibility index (Phi) is 5.45. The number of nitrogens with one attached hydrogen (secondary N) is 1. The third kappa shape index (κ3) is 3.73. The molecule has 0 saturated heterocycles. The lowest BCUT2D eigenvalue weighted by Gasteiger charge is -2.13. The predicted molar refractivity (Wildman–Crippen MR) is 83.2 cm³/mol. The first-order valence-corrected chi connectivity index (χ1v) is 6.59. The van der Waals surface area contributed by atoms with Crippen LogP contribution < -0.4 is 19.6 Å². The largest absolute Gasteiger partial charge is 0.493 e. The van der Waals surface area contributed by atoms with Crippen LogP contribution in [-0.2, 0) is 0 Å². The van der Waals surface area contributed by atoms with Gasteiger partial charge in [0.2, 0.25) is 5.75 Å². The van der Waals surface area contributed by atoms with Crippen LogP contribution in [0.1, 0.15) is 16.1 Å². The van der Waals surface area contributed by atoms with Gasteiger partial charge in [0.15, 0.2) is 11.5 Å². The van der Waals surface area contributed by atoms with Gasteiger partial charge in [-0.3, -0.25) is 9.78 Å². The van der Waals surface area contributed by atoms with E-state index in [1.165, 1.54) is 46.1 Å². The van der Waals surface area contributed by atoms with E-state index in [-0.39, 0.29) is 5.69 Å². The number of hydrogen-bond acceptors (Lipinski definition) is 7. The van der Waals surface area contributed by atoms with Crippen LogP contribution in [0.2, 0.25) is 0 Å². The van der Waals surface area contributed by atoms with Crippen molar-refractivity contribution < 1.29 is 19.0 Å². The van der Waals surface area contributed by atoms with Gasteiger partial charge in [0, 0.05) is 18.0 Å². The fourth-order valence-corrected chi connectivity index (χ4v) is 1.86. The Bertz CT molecular complexity index is 704. The number of hydrogen-bond donors (Lipinski definition) is 1. The lowest BCUT2D eigenvalue weighted by Crippen LogP contribution is -2.19. The van der Waals surface area contributed by atoms with Gasteiger partial charge in [0.05, 0.1) is 33.7 Å². The minimum Gasteiger partial charge on any atom is -0.493 e. The van der Waals surface area contributed by atoms with Crippen LogP contribution in [0.4, 0.5) is 0 Å². The highest BCUT2D eigenvalue weighted by molar-refractivity contribution is 5.93. The molecule has 0 saturated carbocycles. The van der Waals surface area contributed by atoms with Gasteiger partial charge in [-0.2, -0.15) is 5.10 Å². The maximum absolute atomic E-state index is 11.8. The fraction of sp³-hybridized carbons (Fsp3) is 0.200. The molecule has 8 heteroatoms. The molecule has 23 heavy (non-hydrogen) atoms. The molecule has 1 aromatic heterocycles. The Morgan fingerprint density at radius 1 is 1.13 bits per heavy atom. The summed E-state index contributed by atoms with van der Waals surface area (Å²) < 4.78 is 15.8. The first-order valence-electron chi connectivity index (χ1n) is 6.59. The van der Waals surface area contributed by atoms with Crippen molar-refractivity contribution in [2.75, 3.05) is 21.3 Å². The van der Waals surface area contributed by atoms with Gasteiger partial charge in [-0.15, -0.1) is 0 Å². The predicted octanol–water partition coefficient (Wildman–Crippen LogP) is 1.27. The van der Waals surface area contributed by atoms with Crippen LogP contribution in [0.15, 0.2) is 35.8 Å². The van der Waals surface area contributed by atoms with Gasteiger partial charge in [-0.05, 0) is 12.1 Å². The lowest BCUT2D eigenvalue weighted by molar-refractivity contribution is 0.0949. The maximum Gasteiger partial charge on any atom is 0.291 e. The number of carbonyl (C=O) groups is 1. The van der Waals surface area contributed by atoms with E-state index in [4.69, 9.17) is 14.2 Å². The van der Waals surface area contributed by atoms with Gasteiger partial charge in [0.1, 0.15) is 5.69 Å². The summed E-state index contributed by atoms with van der Waals surface area (Å²) in [6, 6.07) is 3.45. The van der Waals surface area contributed by atoms with Gasteiger partial charge in [0.25, 0.3) is 5.91 Å². The minimum atomic E-state index is -0.464. The van der Waals surface area contributed by atoms with E-state index in [0.29, 0.717) is 22.8 Å². The number of methoxy groups -OCH3 is 3. The number of carbonyl (C=O) groups excluding carboxylic acids is 1. The standard InChI is InChI=1S/C15H16N4O4/c1-21-12-5-4-10(13(22-2)14(12)23-3)8-18-19-15(20)11-9-16-6-7-17-11/h4-9H,1-3H3,(H,19,20)/b18-8+. The van der Waals surface area contributed by atoms with E-state index in [1.807, 2.05) is 0 Å². The second-order valence-electron chi connectivity index (χ2n) is 4.21. The molecule has 0 aliphatic rings. The summed E-state index contributed by atoms with van der Waals surface area (Å²) >= 11 is 0. The van der Waals surface area contributed by atoms with Crippen LogP contribution in [0.25, 0.3) is 0 Å². The highest BCUT2D eigenvalue weighted by Crippen LogP contribution is 2.38. The number of nitrogens with zero attached hydrogens (tertiary/aromatic N) is 3. The van der Waals surface area contributed by atoms with E-state index in [2.05, 4.69) is 20.5 Å². The van der Waals surface area contributed by atoms with E-state index < -0.39 is 5.91 Å². The number of aromatic nitrogens is 2. The molecule has 0 atom stereocenters. The first kappa shape index (κ1) is 16.2. The average molecular weight is 316 g/mol. The topological polar surface area (TPSA) is 94.9 Å². The van der Waals surface area contributed by atoms with Crippen LogP contribution in [0.5, 0.6) is 17.2 Å².